The summed E-state index contributed by atoms with van der Waals surface area (Å²) in [5.41, 5.74) is 2.56. The topological polar surface area (TPSA) is 76.0 Å². The Labute approximate surface area is 189 Å². The molecule has 2 amide bonds. The Kier molecular flexibility index (Phi) is 5.03. The van der Waals surface area contributed by atoms with E-state index < -0.39 is 17.8 Å². The van der Waals surface area contributed by atoms with E-state index in [-0.39, 0.29) is 5.75 Å². The molecule has 0 saturated heterocycles. The summed E-state index contributed by atoms with van der Waals surface area (Å²) in [4.78, 5) is 38.1. The smallest absolute Gasteiger partial charge is 0.343 e. The van der Waals surface area contributed by atoms with Gasteiger partial charge in [-0.15, -0.1) is 0 Å². The molecule has 0 bridgehead atoms. The van der Waals surface area contributed by atoms with Gasteiger partial charge in [0, 0.05) is 5.56 Å². The van der Waals surface area contributed by atoms with E-state index in [0.717, 1.165) is 21.3 Å². The Hall–Kier alpha value is -4.58. The van der Waals surface area contributed by atoms with Crippen LogP contribution < -0.4 is 4.74 Å². The van der Waals surface area contributed by atoms with E-state index >= 15 is 0 Å². The van der Waals surface area contributed by atoms with E-state index in [1.54, 1.807) is 42.5 Å². The molecule has 0 radical (unpaired) electrons. The average molecular weight is 434 g/mol. The molecular weight excluding hydrogens is 416 g/mol. The minimum absolute atomic E-state index is 0.277. The van der Waals surface area contributed by atoms with Gasteiger partial charge in [-0.25, -0.2) is 4.79 Å². The Balaban J connectivity index is 1.53. The highest BCUT2D eigenvalue weighted by atomic mass is 16.5. The first-order valence-electron chi connectivity index (χ1n) is 10.4. The number of carbonyl (C=O) groups is 3. The number of aryl methyl sites for hydroxylation is 1. The molecule has 0 saturated carbocycles. The van der Waals surface area contributed by atoms with Crippen LogP contribution in [0, 0.1) is 6.92 Å². The van der Waals surface area contributed by atoms with Gasteiger partial charge in [0.05, 0.1) is 22.9 Å². The minimum atomic E-state index is -0.513. The van der Waals surface area contributed by atoms with Gasteiger partial charge in [0.2, 0.25) is 0 Å². The number of benzene rings is 4. The predicted molar refractivity (Wildman–Crippen MR) is 125 cm³/mol. The molecule has 0 spiro atoms. The molecule has 6 heteroatoms. The van der Waals surface area contributed by atoms with Crippen LogP contribution in [0.3, 0.4) is 0 Å². The normalized spacial score (nSPS) is 13.1. The third-order valence-corrected chi connectivity index (χ3v) is 5.50. The third-order valence-electron chi connectivity index (χ3n) is 5.50. The molecular formula is C27H18N2O4. The first kappa shape index (κ1) is 20.3. The van der Waals surface area contributed by atoms with Crippen molar-refractivity contribution in [3.05, 3.63) is 113 Å². The lowest BCUT2D eigenvalue weighted by Gasteiger charge is -2.12. The number of rotatable bonds is 4. The van der Waals surface area contributed by atoms with Gasteiger partial charge in [0.25, 0.3) is 11.8 Å². The second-order valence-electron chi connectivity index (χ2n) is 7.67. The zero-order valence-electron chi connectivity index (χ0n) is 17.7. The summed E-state index contributed by atoms with van der Waals surface area (Å²) < 4.78 is 5.69. The summed E-state index contributed by atoms with van der Waals surface area (Å²) in [6.45, 7) is 1.94. The van der Waals surface area contributed by atoms with Crippen LogP contribution >= 0.6 is 0 Å². The maximum absolute atomic E-state index is 12.7. The molecule has 0 atom stereocenters. The fraction of sp³-hybridized carbons (Fsp3) is 0.0370. The number of fused-ring (bicyclic) bond motifs is 2. The van der Waals surface area contributed by atoms with E-state index in [1.807, 2.05) is 49.4 Å². The lowest BCUT2D eigenvalue weighted by Crippen LogP contribution is -2.24. The van der Waals surface area contributed by atoms with E-state index in [2.05, 4.69) is 5.10 Å². The van der Waals surface area contributed by atoms with Gasteiger partial charge >= 0.3 is 5.97 Å². The van der Waals surface area contributed by atoms with Crippen LogP contribution in [-0.4, -0.2) is 29.0 Å². The average Bonchev–Trinajstić information content (AvgIpc) is 3.08. The van der Waals surface area contributed by atoms with Crippen molar-refractivity contribution in [1.82, 2.24) is 5.01 Å². The van der Waals surface area contributed by atoms with Crippen molar-refractivity contribution in [2.24, 2.45) is 5.10 Å². The van der Waals surface area contributed by atoms with Crippen LogP contribution in [0.15, 0.2) is 90.0 Å². The highest BCUT2D eigenvalue weighted by molar-refractivity contribution is 6.21. The molecule has 1 aliphatic rings. The van der Waals surface area contributed by atoms with Crippen LogP contribution in [0.2, 0.25) is 0 Å². The zero-order valence-corrected chi connectivity index (χ0v) is 17.7. The molecule has 0 unspecified atom stereocenters. The number of hydrazone groups is 1. The van der Waals surface area contributed by atoms with E-state index in [4.69, 9.17) is 4.74 Å². The SMILES string of the molecule is Cc1ccc(C(=O)Oc2ccc3ccccc3c2/C=N/N2C(=O)c3ccccc3C2=O)cc1. The first-order valence-corrected chi connectivity index (χ1v) is 10.4. The van der Waals surface area contributed by atoms with Crippen LogP contribution in [0.1, 0.15) is 42.2 Å². The number of carbonyl (C=O) groups excluding carboxylic acids is 3. The summed E-state index contributed by atoms with van der Waals surface area (Å²) in [5.74, 6) is -1.23. The van der Waals surface area contributed by atoms with Gasteiger partial charge in [0.1, 0.15) is 5.75 Å². The molecule has 5 rings (SSSR count). The summed E-state index contributed by atoms with van der Waals surface area (Å²) in [5, 5.41) is 6.69. The van der Waals surface area contributed by atoms with Gasteiger partial charge in [-0.2, -0.15) is 10.1 Å². The van der Waals surface area contributed by atoms with Crippen LogP contribution in [0.4, 0.5) is 0 Å². The van der Waals surface area contributed by atoms with Crippen molar-refractivity contribution in [2.45, 2.75) is 6.92 Å². The second kappa shape index (κ2) is 8.16. The molecule has 4 aromatic rings. The fourth-order valence-electron chi connectivity index (χ4n) is 3.74. The number of amides is 2. The van der Waals surface area contributed by atoms with Crippen molar-refractivity contribution in [1.29, 1.82) is 0 Å². The summed E-state index contributed by atoms with van der Waals surface area (Å²) in [6.07, 6.45) is 1.39. The largest absolute Gasteiger partial charge is 0.422 e. The zero-order chi connectivity index (χ0) is 22.9. The van der Waals surface area contributed by atoms with Crippen molar-refractivity contribution in [3.63, 3.8) is 0 Å². The number of imide groups is 1. The number of hydrogen-bond acceptors (Lipinski definition) is 5. The van der Waals surface area contributed by atoms with Gasteiger partial charge in [-0.1, -0.05) is 60.2 Å². The lowest BCUT2D eigenvalue weighted by atomic mass is 10.0. The van der Waals surface area contributed by atoms with Crippen molar-refractivity contribution in [3.8, 4) is 5.75 Å². The van der Waals surface area contributed by atoms with Gasteiger partial charge in [-0.3, -0.25) is 9.59 Å². The number of ether oxygens (including phenoxy) is 1. The highest BCUT2D eigenvalue weighted by Gasteiger charge is 2.35. The molecule has 0 fully saturated rings. The monoisotopic (exact) mass is 434 g/mol. The Morgan fingerprint density at radius 1 is 0.818 bits per heavy atom. The van der Waals surface area contributed by atoms with Gasteiger partial charge in [-0.05, 0) is 48.0 Å². The molecule has 160 valence electrons. The molecule has 0 aromatic heterocycles. The molecule has 1 aliphatic heterocycles. The van der Waals surface area contributed by atoms with E-state index in [9.17, 15) is 14.4 Å². The summed E-state index contributed by atoms with van der Waals surface area (Å²) in [7, 11) is 0. The first-order chi connectivity index (χ1) is 16.0. The minimum Gasteiger partial charge on any atom is -0.422 e. The molecule has 0 aliphatic carbocycles. The van der Waals surface area contributed by atoms with Gasteiger partial charge < -0.3 is 4.74 Å². The van der Waals surface area contributed by atoms with E-state index in [1.165, 1.54) is 6.21 Å². The molecule has 0 N–H and O–H groups in total. The van der Waals surface area contributed by atoms with Crippen molar-refractivity contribution in [2.75, 3.05) is 0 Å². The number of hydrogen-bond donors (Lipinski definition) is 0. The standard InChI is InChI=1S/C27H18N2O4/c1-17-10-12-19(13-11-17)27(32)33-24-15-14-18-6-2-3-7-20(18)23(24)16-28-29-25(30)21-8-4-5-9-22(21)26(29)31/h2-16H,1H3/b28-16+. The molecule has 33 heavy (non-hydrogen) atoms. The predicted octanol–water partition coefficient (Wildman–Crippen LogP) is 5.00. The number of esters is 1. The van der Waals surface area contributed by atoms with Crippen molar-refractivity contribution >= 4 is 34.8 Å². The van der Waals surface area contributed by atoms with Crippen LogP contribution in [0.25, 0.3) is 10.8 Å². The summed E-state index contributed by atoms with van der Waals surface area (Å²) in [6, 6.07) is 24.7. The third kappa shape index (κ3) is 3.68. The maximum atomic E-state index is 12.7. The van der Waals surface area contributed by atoms with E-state index in [0.29, 0.717) is 22.3 Å². The molecule has 4 aromatic carbocycles. The fourth-order valence-corrected chi connectivity index (χ4v) is 3.74. The van der Waals surface area contributed by atoms with Crippen LogP contribution in [-0.2, 0) is 0 Å². The Morgan fingerprint density at radius 2 is 1.45 bits per heavy atom. The Morgan fingerprint density at radius 3 is 2.15 bits per heavy atom. The molecule has 1 heterocycles. The quantitative estimate of drug-likeness (QED) is 0.196. The highest BCUT2D eigenvalue weighted by Crippen LogP contribution is 2.29. The number of nitrogens with zero attached hydrogens (tertiary/aromatic N) is 2. The van der Waals surface area contributed by atoms with Gasteiger partial charge in [0.15, 0.2) is 0 Å². The molecule has 6 nitrogen and oxygen atoms in total. The Bertz CT molecular complexity index is 1420. The maximum Gasteiger partial charge on any atom is 0.343 e. The second-order valence-corrected chi connectivity index (χ2v) is 7.67. The summed E-state index contributed by atoms with van der Waals surface area (Å²) >= 11 is 0. The lowest BCUT2D eigenvalue weighted by molar-refractivity contribution is 0.0657. The van der Waals surface area contributed by atoms with Crippen LogP contribution in [0.5, 0.6) is 5.75 Å². The van der Waals surface area contributed by atoms with Crippen molar-refractivity contribution < 1.29 is 19.1 Å².